The summed E-state index contributed by atoms with van der Waals surface area (Å²) in [5.74, 6) is -8.80. The Balaban J connectivity index is 1.85. The van der Waals surface area contributed by atoms with Crippen LogP contribution in [0.15, 0.2) is 82.6 Å². The third kappa shape index (κ3) is 4.98. The monoisotopic (exact) mass is 596 g/mol. The molecule has 7 nitrogen and oxygen atoms in total. The molecule has 5 rings (SSSR count). The van der Waals surface area contributed by atoms with Gasteiger partial charge in [0, 0.05) is 33.7 Å². The molecule has 0 spiro atoms. The smallest absolute Gasteiger partial charge is 0.338 e. The number of allylic oxidation sites excluding steroid dienone is 2. The number of benzene rings is 2. The van der Waals surface area contributed by atoms with E-state index in [1.54, 1.807) is 31.4 Å². The molecule has 42 heavy (non-hydrogen) atoms. The average molecular weight is 597 g/mol. The molecule has 0 bridgehead atoms. The molecule has 2 heterocycles. The quantitative estimate of drug-likeness (QED) is 0.276. The molecule has 0 amide bonds. The lowest BCUT2D eigenvalue weighted by atomic mass is 9.68. The van der Waals surface area contributed by atoms with Crippen LogP contribution in [0.3, 0.4) is 0 Å². The Morgan fingerprint density at radius 2 is 1.74 bits per heavy atom. The van der Waals surface area contributed by atoms with Crippen molar-refractivity contribution in [2.45, 2.75) is 32.1 Å². The van der Waals surface area contributed by atoms with Crippen molar-refractivity contribution in [1.29, 1.82) is 0 Å². The maximum absolute atomic E-state index is 15.5. The minimum Gasteiger partial charge on any atom is -0.465 e. The molecule has 3 aromatic rings. The maximum Gasteiger partial charge on any atom is 0.338 e. The summed E-state index contributed by atoms with van der Waals surface area (Å²) in [6, 6.07) is 11.9. The van der Waals surface area contributed by atoms with Gasteiger partial charge in [0.1, 0.15) is 29.2 Å². The summed E-state index contributed by atoms with van der Waals surface area (Å²) in [7, 11) is 0. The number of hydrogen-bond acceptors (Lipinski definition) is 8. The van der Waals surface area contributed by atoms with E-state index in [0.717, 1.165) is 12.1 Å². The number of hydrogen-bond donors (Lipinski definition) is 1. The first kappa shape index (κ1) is 29.1. The van der Waals surface area contributed by atoms with Crippen molar-refractivity contribution in [1.82, 2.24) is 0 Å². The van der Waals surface area contributed by atoms with Crippen LogP contribution >= 0.6 is 11.3 Å². The van der Waals surface area contributed by atoms with Gasteiger partial charge in [0.15, 0.2) is 5.78 Å². The average Bonchev–Trinajstić information content (AvgIpc) is 3.49. The summed E-state index contributed by atoms with van der Waals surface area (Å²) < 4.78 is 55.4. The molecule has 3 atom stereocenters. The second kappa shape index (κ2) is 11.8. The summed E-state index contributed by atoms with van der Waals surface area (Å²) in [6.07, 6.45) is -0.0242. The second-order valence-electron chi connectivity index (χ2n) is 9.69. The summed E-state index contributed by atoms with van der Waals surface area (Å²) in [5.41, 5.74) is 6.06. The van der Waals surface area contributed by atoms with Crippen LogP contribution in [-0.2, 0) is 23.9 Å². The summed E-state index contributed by atoms with van der Waals surface area (Å²) in [4.78, 5) is 43.2. The Hall–Kier alpha value is -4.38. The Morgan fingerprint density at radius 3 is 2.38 bits per heavy atom. The molecule has 1 aliphatic heterocycles. The van der Waals surface area contributed by atoms with Crippen LogP contribution in [0.2, 0.25) is 0 Å². The van der Waals surface area contributed by atoms with Crippen molar-refractivity contribution in [2.75, 3.05) is 18.1 Å². The molecule has 11 heteroatoms. The zero-order valence-corrected chi connectivity index (χ0v) is 23.6. The van der Waals surface area contributed by atoms with Crippen LogP contribution in [0.4, 0.5) is 18.9 Å². The van der Waals surface area contributed by atoms with Gasteiger partial charge in [-0.05, 0) is 49.9 Å². The van der Waals surface area contributed by atoms with E-state index in [1.165, 1.54) is 40.5 Å². The van der Waals surface area contributed by atoms with Gasteiger partial charge >= 0.3 is 11.9 Å². The lowest BCUT2D eigenvalue weighted by molar-refractivity contribution is -0.152. The van der Waals surface area contributed by atoms with Crippen LogP contribution in [0.25, 0.3) is 0 Å². The number of Topliss-reactive ketones (excluding diaryl/α,β-unsaturated/α-hetero) is 1. The van der Waals surface area contributed by atoms with Crippen LogP contribution in [0.5, 0.6) is 0 Å². The summed E-state index contributed by atoms with van der Waals surface area (Å²) >= 11 is 1.32. The van der Waals surface area contributed by atoms with Gasteiger partial charge in [0.05, 0.1) is 30.4 Å². The number of esters is 2. The van der Waals surface area contributed by atoms with E-state index >= 15 is 8.78 Å². The van der Waals surface area contributed by atoms with E-state index in [4.69, 9.17) is 15.2 Å². The number of nitrogens with two attached hydrogens (primary N) is 1. The second-order valence-corrected chi connectivity index (χ2v) is 10.7. The van der Waals surface area contributed by atoms with Gasteiger partial charge < -0.3 is 15.2 Å². The summed E-state index contributed by atoms with van der Waals surface area (Å²) in [5, 5.41) is 1.79. The highest BCUT2D eigenvalue weighted by molar-refractivity contribution is 7.10. The molecule has 2 N–H and O–H groups in total. The Bertz CT molecular complexity index is 1620. The number of nitrogens with zero attached hydrogens (tertiary/aromatic N) is 1. The molecular weight excluding hydrogens is 569 g/mol. The number of ketones is 1. The predicted molar refractivity (Wildman–Crippen MR) is 150 cm³/mol. The van der Waals surface area contributed by atoms with Crippen molar-refractivity contribution in [3.8, 4) is 0 Å². The normalized spacial score (nSPS) is 20.5. The number of rotatable bonds is 7. The van der Waals surface area contributed by atoms with E-state index in [9.17, 15) is 18.8 Å². The predicted octanol–water partition coefficient (Wildman–Crippen LogP) is 5.69. The van der Waals surface area contributed by atoms with Gasteiger partial charge in [-0.15, -0.1) is 11.3 Å². The molecule has 0 unspecified atom stereocenters. The van der Waals surface area contributed by atoms with E-state index < -0.39 is 52.9 Å². The van der Waals surface area contributed by atoms with Crippen LogP contribution in [0, 0.1) is 23.4 Å². The van der Waals surface area contributed by atoms with Crippen molar-refractivity contribution in [3.63, 3.8) is 0 Å². The Morgan fingerprint density at radius 1 is 1.00 bits per heavy atom. The Labute approximate surface area is 244 Å². The maximum atomic E-state index is 15.5. The minimum absolute atomic E-state index is 0.0102. The highest BCUT2D eigenvalue weighted by Gasteiger charge is 2.52. The standard InChI is InChI=1S/C31H27F3N2O5S/c1-3-40-30(38)25-18(23-10-7-13-42-23)15-22-26(28(25)37)24(17-8-5-6-9-19(17)33)27(31(39)41-4-2)29(35)36(22)21-12-11-16(32)14-20(21)34/h5-14,18,24-25H,3-4,15,35H2,1-2H3/t18-,24-,25-/m1/s1. The highest BCUT2D eigenvalue weighted by Crippen LogP contribution is 2.52. The molecule has 2 aromatic carbocycles. The van der Waals surface area contributed by atoms with E-state index in [0.29, 0.717) is 10.9 Å². The summed E-state index contributed by atoms with van der Waals surface area (Å²) in [6.45, 7) is 3.11. The first-order valence-electron chi connectivity index (χ1n) is 13.3. The molecule has 218 valence electrons. The van der Waals surface area contributed by atoms with E-state index in [1.807, 2.05) is 0 Å². The van der Waals surface area contributed by atoms with Crippen LogP contribution in [0.1, 0.15) is 42.5 Å². The van der Waals surface area contributed by atoms with Crippen molar-refractivity contribution in [2.24, 2.45) is 11.7 Å². The first-order valence-corrected chi connectivity index (χ1v) is 14.2. The minimum atomic E-state index is -1.38. The highest BCUT2D eigenvalue weighted by atomic mass is 32.1. The van der Waals surface area contributed by atoms with E-state index in [2.05, 4.69) is 0 Å². The van der Waals surface area contributed by atoms with Gasteiger partial charge in [-0.2, -0.15) is 0 Å². The molecule has 0 radical (unpaired) electrons. The fourth-order valence-electron chi connectivity index (χ4n) is 5.67. The van der Waals surface area contributed by atoms with Gasteiger partial charge in [-0.25, -0.2) is 18.0 Å². The fraction of sp³-hybridized carbons (Fsp3) is 0.258. The zero-order chi connectivity index (χ0) is 30.1. The SMILES string of the molecule is CCOC(=O)C1=C(N)N(c2ccc(F)cc2F)C2=C(C(=O)[C@H](C(=O)OCC)[C@@H](c3cccs3)C2)[C@H]1c1ccccc1F. The first-order chi connectivity index (χ1) is 20.2. The lowest BCUT2D eigenvalue weighted by Gasteiger charge is -2.43. The van der Waals surface area contributed by atoms with Crippen LogP contribution < -0.4 is 10.6 Å². The number of halogens is 3. The van der Waals surface area contributed by atoms with Crippen molar-refractivity contribution >= 4 is 34.7 Å². The fourth-order valence-corrected chi connectivity index (χ4v) is 6.53. The third-order valence-electron chi connectivity index (χ3n) is 7.35. The topological polar surface area (TPSA) is 98.9 Å². The number of carbonyl (C=O) groups excluding carboxylic acids is 3. The van der Waals surface area contributed by atoms with Crippen molar-refractivity contribution in [3.05, 3.63) is 111 Å². The van der Waals surface area contributed by atoms with Gasteiger partial charge in [0.2, 0.25) is 0 Å². The molecule has 1 aromatic heterocycles. The molecule has 0 saturated carbocycles. The molecule has 0 saturated heterocycles. The van der Waals surface area contributed by atoms with Crippen LogP contribution in [-0.4, -0.2) is 30.9 Å². The van der Waals surface area contributed by atoms with Crippen molar-refractivity contribution < 1.29 is 37.0 Å². The Kier molecular flexibility index (Phi) is 8.22. The lowest BCUT2D eigenvalue weighted by Crippen LogP contribution is -2.46. The number of anilines is 1. The molecule has 2 aliphatic rings. The zero-order valence-electron chi connectivity index (χ0n) is 22.7. The number of carbonyl (C=O) groups is 3. The van der Waals surface area contributed by atoms with Gasteiger partial charge in [-0.1, -0.05) is 24.3 Å². The third-order valence-corrected chi connectivity index (χ3v) is 8.35. The molecular formula is C31H27F3N2O5S. The number of thiophene rings is 1. The van der Waals surface area contributed by atoms with E-state index in [-0.39, 0.29) is 53.5 Å². The van der Waals surface area contributed by atoms with Gasteiger partial charge in [0.25, 0.3) is 0 Å². The van der Waals surface area contributed by atoms with Gasteiger partial charge in [-0.3, -0.25) is 14.5 Å². The molecule has 0 fully saturated rings. The molecule has 1 aliphatic carbocycles. The number of ether oxygens (including phenoxy) is 2. The largest absolute Gasteiger partial charge is 0.465 e.